The van der Waals surface area contributed by atoms with Gasteiger partial charge in [0.2, 0.25) is 11.9 Å². The predicted molar refractivity (Wildman–Crippen MR) is 127 cm³/mol. The van der Waals surface area contributed by atoms with Crippen LogP contribution in [0.25, 0.3) is 11.3 Å². The van der Waals surface area contributed by atoms with Crippen LogP contribution in [-0.4, -0.2) is 54.1 Å². The topological polar surface area (TPSA) is 70.6 Å². The highest BCUT2D eigenvalue weighted by Crippen LogP contribution is 2.29. The third kappa shape index (κ3) is 4.82. The lowest BCUT2D eigenvalue weighted by Gasteiger charge is -2.37. The maximum atomic E-state index is 12.2. The van der Waals surface area contributed by atoms with E-state index in [1.807, 2.05) is 61.2 Å². The van der Waals surface area contributed by atoms with Crippen LogP contribution in [0.2, 0.25) is 0 Å². The number of ether oxygens (including phenoxy) is 1. The number of carbonyl (C=O) groups excluding carboxylic acids is 1. The van der Waals surface area contributed by atoms with Gasteiger partial charge in [0.25, 0.3) is 0 Å². The Balaban J connectivity index is 1.41. The molecule has 0 atom stereocenters. The van der Waals surface area contributed by atoms with E-state index in [-0.39, 0.29) is 11.8 Å². The highest BCUT2D eigenvalue weighted by Gasteiger charge is 2.22. The second-order valence-corrected chi connectivity index (χ2v) is 8.10. The number of anilines is 3. The lowest BCUT2D eigenvalue weighted by molar-refractivity contribution is -0.134. The molecule has 1 fully saturated rings. The largest absolute Gasteiger partial charge is 0.496 e. The molecule has 1 N–H and O–H groups in total. The van der Waals surface area contributed by atoms with Crippen LogP contribution < -0.4 is 15.0 Å². The van der Waals surface area contributed by atoms with Crippen molar-refractivity contribution in [3.63, 3.8) is 0 Å². The molecule has 7 heteroatoms. The van der Waals surface area contributed by atoms with Gasteiger partial charge in [0.1, 0.15) is 5.75 Å². The first-order valence-corrected chi connectivity index (χ1v) is 10.9. The number of nitrogens with zero attached hydrogens (tertiary/aromatic N) is 4. The Labute approximate surface area is 189 Å². The number of carbonyl (C=O) groups is 1. The van der Waals surface area contributed by atoms with Crippen molar-refractivity contribution in [2.45, 2.75) is 13.8 Å². The van der Waals surface area contributed by atoms with E-state index in [0.29, 0.717) is 5.95 Å². The zero-order valence-electron chi connectivity index (χ0n) is 18.8. The van der Waals surface area contributed by atoms with Crippen LogP contribution in [-0.2, 0) is 4.79 Å². The first kappa shape index (κ1) is 21.6. The second kappa shape index (κ2) is 9.68. The molecule has 0 unspecified atom stereocenters. The molecular formula is C25H29N5O2. The van der Waals surface area contributed by atoms with Crippen LogP contribution in [0.5, 0.6) is 5.75 Å². The van der Waals surface area contributed by atoms with Crippen LogP contribution in [0, 0.1) is 5.92 Å². The highest BCUT2D eigenvalue weighted by atomic mass is 16.5. The molecule has 2 heterocycles. The summed E-state index contributed by atoms with van der Waals surface area (Å²) in [5.74, 6) is 1.59. The monoisotopic (exact) mass is 431 g/mol. The SMILES string of the molecule is COc1ccccc1-c1ccnc(Nc2ccc(N3CCN(C(=O)C(C)C)CC3)cc2)n1. The first-order valence-electron chi connectivity index (χ1n) is 10.9. The Hall–Kier alpha value is -3.61. The van der Waals surface area contributed by atoms with Crippen LogP contribution in [0.15, 0.2) is 60.8 Å². The number of hydrogen-bond donors (Lipinski definition) is 1. The van der Waals surface area contributed by atoms with Gasteiger partial charge >= 0.3 is 0 Å². The Morgan fingerprint density at radius 3 is 2.41 bits per heavy atom. The molecule has 0 bridgehead atoms. The van der Waals surface area contributed by atoms with Crippen LogP contribution in [0.3, 0.4) is 0 Å². The molecule has 2 aromatic carbocycles. The summed E-state index contributed by atoms with van der Waals surface area (Å²) in [5, 5.41) is 3.28. The number of rotatable bonds is 6. The number of aromatic nitrogens is 2. The van der Waals surface area contributed by atoms with Gasteiger partial charge in [0.05, 0.1) is 12.8 Å². The maximum Gasteiger partial charge on any atom is 0.227 e. The van der Waals surface area contributed by atoms with Crippen molar-refractivity contribution in [1.29, 1.82) is 0 Å². The molecule has 1 saturated heterocycles. The van der Waals surface area contributed by atoms with Gasteiger partial charge in [-0.15, -0.1) is 0 Å². The fraction of sp³-hybridized carbons (Fsp3) is 0.320. The number of hydrogen-bond acceptors (Lipinski definition) is 6. The molecule has 1 aromatic heterocycles. The minimum atomic E-state index is 0.0515. The van der Waals surface area contributed by atoms with Crippen molar-refractivity contribution in [2.24, 2.45) is 5.92 Å². The Kier molecular flexibility index (Phi) is 6.54. The van der Waals surface area contributed by atoms with Gasteiger partial charge in [0.15, 0.2) is 0 Å². The van der Waals surface area contributed by atoms with Crippen LogP contribution >= 0.6 is 0 Å². The molecule has 1 amide bonds. The van der Waals surface area contributed by atoms with E-state index in [2.05, 4.69) is 32.3 Å². The van der Waals surface area contributed by atoms with E-state index in [1.54, 1.807) is 13.3 Å². The number of methoxy groups -OCH3 is 1. The predicted octanol–water partition coefficient (Wildman–Crippen LogP) is 4.20. The quantitative estimate of drug-likeness (QED) is 0.631. The lowest BCUT2D eigenvalue weighted by Crippen LogP contribution is -2.49. The van der Waals surface area contributed by atoms with Gasteiger partial charge in [-0.3, -0.25) is 4.79 Å². The van der Waals surface area contributed by atoms with Crippen LogP contribution in [0.1, 0.15) is 13.8 Å². The average Bonchev–Trinajstić information content (AvgIpc) is 2.84. The van der Waals surface area contributed by atoms with E-state index >= 15 is 0 Å². The van der Waals surface area contributed by atoms with E-state index < -0.39 is 0 Å². The van der Waals surface area contributed by atoms with E-state index in [9.17, 15) is 4.79 Å². The molecule has 4 rings (SSSR count). The Morgan fingerprint density at radius 2 is 1.72 bits per heavy atom. The molecule has 166 valence electrons. The van der Waals surface area contributed by atoms with Gasteiger partial charge in [0, 0.05) is 55.2 Å². The molecule has 7 nitrogen and oxygen atoms in total. The fourth-order valence-corrected chi connectivity index (χ4v) is 3.86. The van der Waals surface area contributed by atoms with Gasteiger partial charge in [-0.1, -0.05) is 26.0 Å². The Morgan fingerprint density at radius 1 is 1.00 bits per heavy atom. The molecule has 0 spiro atoms. The number of benzene rings is 2. The van der Waals surface area contributed by atoms with Gasteiger partial charge in [-0.2, -0.15) is 0 Å². The first-order chi connectivity index (χ1) is 15.5. The highest BCUT2D eigenvalue weighted by molar-refractivity contribution is 5.78. The smallest absolute Gasteiger partial charge is 0.227 e. The third-order valence-electron chi connectivity index (χ3n) is 5.61. The third-order valence-corrected chi connectivity index (χ3v) is 5.61. The maximum absolute atomic E-state index is 12.2. The van der Waals surface area contributed by atoms with Crippen molar-refractivity contribution < 1.29 is 9.53 Å². The van der Waals surface area contributed by atoms with E-state index in [1.165, 1.54) is 0 Å². The molecule has 0 saturated carbocycles. The zero-order chi connectivity index (χ0) is 22.5. The van der Waals surface area contributed by atoms with Crippen molar-refractivity contribution >= 4 is 23.2 Å². The van der Waals surface area contributed by atoms with Gasteiger partial charge in [-0.25, -0.2) is 9.97 Å². The normalized spacial score (nSPS) is 13.9. The zero-order valence-corrected chi connectivity index (χ0v) is 18.8. The number of nitrogens with one attached hydrogen (secondary N) is 1. The van der Waals surface area contributed by atoms with Crippen molar-refractivity contribution in [2.75, 3.05) is 43.5 Å². The summed E-state index contributed by atoms with van der Waals surface area (Å²) in [5.41, 5.74) is 3.78. The summed E-state index contributed by atoms with van der Waals surface area (Å²) in [6.45, 7) is 7.12. The molecular weight excluding hydrogens is 402 g/mol. The lowest BCUT2D eigenvalue weighted by atomic mass is 10.1. The number of piperazine rings is 1. The minimum Gasteiger partial charge on any atom is -0.496 e. The Bertz CT molecular complexity index is 1060. The summed E-state index contributed by atoms with van der Waals surface area (Å²) in [4.78, 5) is 25.5. The molecule has 32 heavy (non-hydrogen) atoms. The van der Waals surface area contributed by atoms with Crippen LogP contribution in [0.4, 0.5) is 17.3 Å². The van der Waals surface area contributed by atoms with E-state index in [4.69, 9.17) is 4.74 Å². The molecule has 0 aliphatic carbocycles. The summed E-state index contributed by atoms with van der Waals surface area (Å²) in [6, 6.07) is 17.9. The number of amides is 1. The standard InChI is InChI=1S/C25H29N5O2/c1-18(2)24(31)30-16-14-29(15-17-30)20-10-8-19(9-11-20)27-25-26-13-12-22(28-25)21-6-4-5-7-23(21)32-3/h4-13,18H,14-17H2,1-3H3,(H,26,27,28). The van der Waals surface area contributed by atoms with Crippen molar-refractivity contribution in [3.05, 3.63) is 60.8 Å². The van der Waals surface area contributed by atoms with E-state index in [0.717, 1.165) is 54.6 Å². The average molecular weight is 432 g/mol. The summed E-state index contributed by atoms with van der Waals surface area (Å²) in [7, 11) is 1.66. The van der Waals surface area contributed by atoms with Crippen molar-refractivity contribution in [3.8, 4) is 17.0 Å². The fourth-order valence-electron chi connectivity index (χ4n) is 3.86. The summed E-state index contributed by atoms with van der Waals surface area (Å²) >= 11 is 0. The summed E-state index contributed by atoms with van der Waals surface area (Å²) < 4.78 is 5.45. The van der Waals surface area contributed by atoms with Gasteiger partial charge in [-0.05, 0) is 42.5 Å². The second-order valence-electron chi connectivity index (χ2n) is 8.10. The molecule has 3 aromatic rings. The number of para-hydroxylation sites is 1. The minimum absolute atomic E-state index is 0.0515. The molecule has 0 radical (unpaired) electrons. The van der Waals surface area contributed by atoms with Crippen molar-refractivity contribution in [1.82, 2.24) is 14.9 Å². The molecule has 1 aliphatic rings. The molecule has 1 aliphatic heterocycles. The summed E-state index contributed by atoms with van der Waals surface area (Å²) in [6.07, 6.45) is 1.74. The van der Waals surface area contributed by atoms with Gasteiger partial charge < -0.3 is 19.9 Å².